The number of nitriles is 1. The highest BCUT2D eigenvalue weighted by Crippen LogP contribution is 2.30. The molecule has 18 heavy (non-hydrogen) atoms. The molecule has 0 aliphatic heterocycles. The molecule has 90 valence electrons. The van der Waals surface area contributed by atoms with E-state index in [1.54, 1.807) is 18.9 Å². The maximum absolute atomic E-state index is 8.89. The summed E-state index contributed by atoms with van der Waals surface area (Å²) < 4.78 is 5.12. The van der Waals surface area contributed by atoms with Gasteiger partial charge in [0, 0.05) is 9.79 Å². The number of nitrogens with zero attached hydrogens (tertiary/aromatic N) is 1. The Kier molecular flexibility index (Phi) is 3.91. The highest BCUT2D eigenvalue weighted by molar-refractivity contribution is 7.99. The normalized spacial score (nSPS) is 9.83. The molecule has 0 N–H and O–H groups in total. The van der Waals surface area contributed by atoms with Gasteiger partial charge in [0.05, 0.1) is 18.7 Å². The molecule has 2 aromatic rings. The van der Waals surface area contributed by atoms with Crippen LogP contribution in [-0.2, 0) is 0 Å². The molecule has 0 saturated carbocycles. The zero-order valence-corrected chi connectivity index (χ0v) is 11.1. The smallest absolute Gasteiger partial charge is 0.118 e. The molecule has 0 bridgehead atoms. The fourth-order valence-electron chi connectivity index (χ4n) is 1.60. The van der Waals surface area contributed by atoms with Gasteiger partial charge >= 0.3 is 0 Å². The number of benzene rings is 2. The topological polar surface area (TPSA) is 33.0 Å². The largest absolute Gasteiger partial charge is 0.497 e. The molecule has 2 rings (SSSR count). The lowest BCUT2D eigenvalue weighted by molar-refractivity contribution is 0.414. The van der Waals surface area contributed by atoms with Gasteiger partial charge in [-0.3, -0.25) is 0 Å². The van der Waals surface area contributed by atoms with Gasteiger partial charge in [0.1, 0.15) is 5.75 Å². The van der Waals surface area contributed by atoms with Crippen LogP contribution in [0.2, 0.25) is 0 Å². The maximum Gasteiger partial charge on any atom is 0.118 e. The summed E-state index contributed by atoms with van der Waals surface area (Å²) in [7, 11) is 1.66. The Labute approximate surface area is 111 Å². The van der Waals surface area contributed by atoms with E-state index in [-0.39, 0.29) is 0 Å². The molecule has 0 spiro atoms. The second-order valence-corrected chi connectivity index (χ2v) is 5.01. The first-order valence-electron chi connectivity index (χ1n) is 5.55. The number of hydrogen-bond acceptors (Lipinski definition) is 3. The molecule has 2 aromatic carbocycles. The first-order chi connectivity index (χ1) is 8.72. The van der Waals surface area contributed by atoms with Gasteiger partial charge < -0.3 is 4.74 Å². The van der Waals surface area contributed by atoms with E-state index in [1.807, 2.05) is 49.4 Å². The molecule has 3 heteroatoms. The Balaban J connectivity index is 2.18. The summed E-state index contributed by atoms with van der Waals surface area (Å²) in [5, 5.41) is 8.89. The molecule has 2 nitrogen and oxygen atoms in total. The summed E-state index contributed by atoms with van der Waals surface area (Å²) in [6.45, 7) is 1.95. The minimum atomic E-state index is 0.731. The SMILES string of the molecule is COc1ccc(Sc2ccc(C#N)c(C)c2)cc1. The van der Waals surface area contributed by atoms with E-state index in [2.05, 4.69) is 6.07 Å². The van der Waals surface area contributed by atoms with E-state index in [0.29, 0.717) is 0 Å². The van der Waals surface area contributed by atoms with Crippen molar-refractivity contribution >= 4 is 11.8 Å². The second kappa shape index (κ2) is 5.61. The van der Waals surface area contributed by atoms with Gasteiger partial charge in [-0.2, -0.15) is 5.26 Å². The van der Waals surface area contributed by atoms with Crippen LogP contribution in [0.3, 0.4) is 0 Å². The van der Waals surface area contributed by atoms with Gasteiger partial charge in [-0.1, -0.05) is 11.8 Å². The number of rotatable bonds is 3. The molecule has 0 unspecified atom stereocenters. The fourth-order valence-corrected chi connectivity index (χ4v) is 2.52. The van der Waals surface area contributed by atoms with Crippen LogP contribution in [0.25, 0.3) is 0 Å². The average Bonchev–Trinajstić information content (AvgIpc) is 2.40. The predicted octanol–water partition coefficient (Wildman–Crippen LogP) is 4.03. The third-order valence-corrected chi connectivity index (χ3v) is 3.61. The Morgan fingerprint density at radius 1 is 1.06 bits per heavy atom. The highest BCUT2D eigenvalue weighted by atomic mass is 32.2. The van der Waals surface area contributed by atoms with Crippen LogP contribution in [0.4, 0.5) is 0 Å². The summed E-state index contributed by atoms with van der Waals surface area (Å²) in [5.41, 5.74) is 1.74. The van der Waals surface area contributed by atoms with E-state index in [1.165, 1.54) is 0 Å². The van der Waals surface area contributed by atoms with E-state index in [0.717, 1.165) is 26.7 Å². The zero-order chi connectivity index (χ0) is 13.0. The van der Waals surface area contributed by atoms with Crippen molar-refractivity contribution in [2.45, 2.75) is 16.7 Å². The van der Waals surface area contributed by atoms with Gasteiger partial charge in [-0.15, -0.1) is 0 Å². The van der Waals surface area contributed by atoms with Crippen molar-refractivity contribution in [1.82, 2.24) is 0 Å². The van der Waals surface area contributed by atoms with E-state index in [9.17, 15) is 0 Å². The Morgan fingerprint density at radius 3 is 2.28 bits per heavy atom. The Morgan fingerprint density at radius 2 is 1.72 bits per heavy atom. The Hall–Kier alpha value is -1.92. The van der Waals surface area contributed by atoms with Crippen LogP contribution in [0.1, 0.15) is 11.1 Å². The molecular weight excluding hydrogens is 242 g/mol. The quantitative estimate of drug-likeness (QED) is 0.830. The van der Waals surface area contributed by atoms with Gasteiger partial charge in [-0.25, -0.2) is 0 Å². The number of methoxy groups -OCH3 is 1. The summed E-state index contributed by atoms with van der Waals surface area (Å²) >= 11 is 1.68. The van der Waals surface area contributed by atoms with Crippen molar-refractivity contribution in [3.05, 3.63) is 53.6 Å². The third kappa shape index (κ3) is 2.85. The molecule has 0 heterocycles. The first kappa shape index (κ1) is 12.5. The van der Waals surface area contributed by atoms with E-state index >= 15 is 0 Å². The molecule has 0 aromatic heterocycles. The molecule has 0 radical (unpaired) electrons. The number of aryl methyl sites for hydroxylation is 1. The molecular formula is C15H13NOS. The standard InChI is InChI=1S/C15H13NOS/c1-11-9-15(6-3-12(11)10-16)18-14-7-4-13(17-2)5-8-14/h3-9H,1-2H3. The monoisotopic (exact) mass is 255 g/mol. The van der Waals surface area contributed by atoms with Crippen molar-refractivity contribution in [2.24, 2.45) is 0 Å². The Bertz CT molecular complexity index is 584. The average molecular weight is 255 g/mol. The van der Waals surface area contributed by atoms with Crippen molar-refractivity contribution < 1.29 is 4.74 Å². The molecule has 0 saturated heterocycles. The van der Waals surface area contributed by atoms with Crippen LogP contribution in [0, 0.1) is 18.3 Å². The first-order valence-corrected chi connectivity index (χ1v) is 6.37. The van der Waals surface area contributed by atoms with E-state index in [4.69, 9.17) is 10.00 Å². The number of ether oxygens (including phenoxy) is 1. The lowest BCUT2D eigenvalue weighted by atomic mass is 10.1. The van der Waals surface area contributed by atoms with Crippen molar-refractivity contribution in [3.8, 4) is 11.8 Å². The van der Waals surface area contributed by atoms with Crippen molar-refractivity contribution in [2.75, 3.05) is 7.11 Å². The summed E-state index contributed by atoms with van der Waals surface area (Å²) in [5.74, 6) is 0.857. The minimum absolute atomic E-state index is 0.731. The minimum Gasteiger partial charge on any atom is -0.497 e. The maximum atomic E-state index is 8.89. The van der Waals surface area contributed by atoms with Crippen molar-refractivity contribution in [3.63, 3.8) is 0 Å². The molecule has 0 aliphatic carbocycles. The fraction of sp³-hybridized carbons (Fsp3) is 0.133. The highest BCUT2D eigenvalue weighted by Gasteiger charge is 2.01. The molecule has 0 atom stereocenters. The van der Waals surface area contributed by atoms with Gasteiger partial charge in [0.2, 0.25) is 0 Å². The third-order valence-electron chi connectivity index (χ3n) is 2.61. The second-order valence-electron chi connectivity index (χ2n) is 3.87. The van der Waals surface area contributed by atoms with Gasteiger partial charge in [0.25, 0.3) is 0 Å². The summed E-state index contributed by atoms with van der Waals surface area (Å²) in [6, 6.07) is 16.0. The lowest BCUT2D eigenvalue weighted by Gasteiger charge is -2.05. The van der Waals surface area contributed by atoms with Crippen molar-refractivity contribution in [1.29, 1.82) is 5.26 Å². The molecule has 0 aliphatic rings. The summed E-state index contributed by atoms with van der Waals surface area (Å²) in [6.07, 6.45) is 0. The van der Waals surface area contributed by atoms with Crippen LogP contribution in [-0.4, -0.2) is 7.11 Å². The van der Waals surface area contributed by atoms with Crippen LogP contribution >= 0.6 is 11.8 Å². The van der Waals surface area contributed by atoms with Crippen LogP contribution in [0.5, 0.6) is 5.75 Å². The molecule has 0 fully saturated rings. The van der Waals surface area contributed by atoms with Gasteiger partial charge in [0.15, 0.2) is 0 Å². The zero-order valence-electron chi connectivity index (χ0n) is 10.3. The van der Waals surface area contributed by atoms with E-state index < -0.39 is 0 Å². The summed E-state index contributed by atoms with van der Waals surface area (Å²) in [4.78, 5) is 2.29. The van der Waals surface area contributed by atoms with Crippen LogP contribution in [0.15, 0.2) is 52.3 Å². The molecule has 0 amide bonds. The van der Waals surface area contributed by atoms with Gasteiger partial charge in [-0.05, 0) is 55.0 Å². The predicted molar refractivity (Wildman–Crippen MR) is 73.0 cm³/mol. The van der Waals surface area contributed by atoms with Crippen LogP contribution < -0.4 is 4.74 Å². The lowest BCUT2D eigenvalue weighted by Crippen LogP contribution is -1.83. The number of hydrogen-bond donors (Lipinski definition) is 0.